The standard InChI is InChI=1S/C25H29N7O4.C6H6/c1-15-6-7-29(9-15)17-8-16(2)23-27-22(28-32(23)10-17)24(33)31-13-18-11-30(12-19(14-31)36-18)21-5-3-4-20(26-21)25(34)35;1-2-4-6-5-3-1/h3-5,8,10,15,18-19H,6-7,9,11-14H2,1-2H3,(H,34,35);1-6H. The van der Waals surface area contributed by atoms with E-state index >= 15 is 0 Å². The maximum Gasteiger partial charge on any atom is 0.354 e. The van der Waals surface area contributed by atoms with Crippen LogP contribution in [0.15, 0.2) is 66.9 Å². The highest BCUT2D eigenvalue weighted by Gasteiger charge is 2.38. The van der Waals surface area contributed by atoms with E-state index in [1.54, 1.807) is 21.5 Å². The van der Waals surface area contributed by atoms with Crippen molar-refractivity contribution in [1.29, 1.82) is 0 Å². The first-order chi connectivity index (χ1) is 20.3. The van der Waals surface area contributed by atoms with Gasteiger partial charge in [0.15, 0.2) is 11.3 Å². The quantitative estimate of drug-likeness (QED) is 0.395. The minimum absolute atomic E-state index is 0.0107. The first kappa shape index (κ1) is 27.6. The number of rotatable bonds is 4. The molecule has 0 radical (unpaired) electrons. The highest BCUT2D eigenvalue weighted by Crippen LogP contribution is 2.27. The van der Waals surface area contributed by atoms with Crippen LogP contribution in [0, 0.1) is 12.8 Å². The molecule has 3 saturated heterocycles. The van der Waals surface area contributed by atoms with Crippen LogP contribution in [0.3, 0.4) is 0 Å². The molecule has 0 aliphatic carbocycles. The fraction of sp³-hybridized carbons (Fsp3) is 0.387. The van der Waals surface area contributed by atoms with Crippen LogP contribution in [-0.2, 0) is 4.74 Å². The number of carboxylic acid groups (broad SMARTS) is 1. The number of amides is 1. The van der Waals surface area contributed by atoms with Gasteiger partial charge in [-0.25, -0.2) is 19.3 Å². The molecule has 0 saturated carbocycles. The SMILES string of the molecule is Cc1cc(N2CCC(C)C2)cn2nc(C(=O)N3CC4CN(c5cccc(C(=O)O)n5)CC(C3)O4)nc12.c1ccccc1. The lowest BCUT2D eigenvalue weighted by Gasteiger charge is -2.45. The second kappa shape index (κ2) is 11.8. The van der Waals surface area contributed by atoms with Crippen LogP contribution in [0.4, 0.5) is 11.5 Å². The van der Waals surface area contributed by atoms with Crippen molar-refractivity contribution in [2.24, 2.45) is 5.92 Å². The second-order valence-electron chi connectivity index (χ2n) is 11.3. The number of carboxylic acids is 1. The molecule has 1 aromatic carbocycles. The number of anilines is 2. The van der Waals surface area contributed by atoms with Gasteiger partial charge in [0.25, 0.3) is 5.91 Å². The summed E-state index contributed by atoms with van der Waals surface area (Å²) in [6.07, 6.45) is 2.73. The fourth-order valence-corrected chi connectivity index (χ4v) is 5.85. The Kier molecular flexibility index (Phi) is 7.75. The number of aromatic carboxylic acids is 1. The van der Waals surface area contributed by atoms with Crippen LogP contribution in [-0.4, -0.2) is 92.9 Å². The number of carbonyl (C=O) groups excluding carboxylic acids is 1. The first-order valence-corrected chi connectivity index (χ1v) is 14.4. The van der Waals surface area contributed by atoms with Crippen molar-refractivity contribution >= 4 is 29.0 Å². The number of fused-ring (bicyclic) bond motifs is 3. The van der Waals surface area contributed by atoms with Gasteiger partial charge in [-0.15, -0.1) is 5.10 Å². The molecule has 2 bridgehead atoms. The molecule has 218 valence electrons. The molecular formula is C31H35N7O4. The lowest BCUT2D eigenvalue weighted by atomic mass is 10.1. The van der Waals surface area contributed by atoms with Gasteiger partial charge in [0.2, 0.25) is 5.82 Å². The largest absolute Gasteiger partial charge is 0.477 e. The summed E-state index contributed by atoms with van der Waals surface area (Å²) in [7, 11) is 0. The molecule has 11 nitrogen and oxygen atoms in total. The normalized spacial score (nSPS) is 21.7. The van der Waals surface area contributed by atoms with Crippen molar-refractivity contribution in [1.82, 2.24) is 24.5 Å². The first-order valence-electron chi connectivity index (χ1n) is 14.4. The van der Waals surface area contributed by atoms with Gasteiger partial charge < -0.3 is 24.5 Å². The van der Waals surface area contributed by atoms with Crippen molar-refractivity contribution in [3.05, 3.63) is 83.9 Å². The minimum Gasteiger partial charge on any atom is -0.477 e. The number of aryl methyl sites for hydroxylation is 1. The highest BCUT2D eigenvalue weighted by molar-refractivity contribution is 5.91. The zero-order chi connectivity index (χ0) is 29.2. The molecule has 42 heavy (non-hydrogen) atoms. The van der Waals surface area contributed by atoms with Gasteiger partial charge in [0.1, 0.15) is 5.82 Å². The third-order valence-corrected chi connectivity index (χ3v) is 7.90. The number of pyridine rings is 2. The summed E-state index contributed by atoms with van der Waals surface area (Å²) in [5.41, 5.74) is 2.80. The summed E-state index contributed by atoms with van der Waals surface area (Å²) in [5, 5.41) is 13.8. The Labute approximate surface area is 244 Å². The molecule has 0 spiro atoms. The number of benzene rings is 1. The number of aromatic nitrogens is 4. The van der Waals surface area contributed by atoms with E-state index in [-0.39, 0.29) is 29.6 Å². The van der Waals surface area contributed by atoms with Gasteiger partial charge in [-0.05, 0) is 43.0 Å². The van der Waals surface area contributed by atoms with Crippen molar-refractivity contribution in [2.75, 3.05) is 49.1 Å². The average molecular weight is 570 g/mol. The van der Waals surface area contributed by atoms with Gasteiger partial charge in [0.05, 0.1) is 24.1 Å². The van der Waals surface area contributed by atoms with Crippen LogP contribution in [0.25, 0.3) is 5.65 Å². The predicted molar refractivity (Wildman–Crippen MR) is 158 cm³/mol. The maximum atomic E-state index is 13.4. The summed E-state index contributed by atoms with van der Waals surface area (Å²) in [4.78, 5) is 39.7. The lowest BCUT2D eigenvalue weighted by Crippen LogP contribution is -2.61. The van der Waals surface area contributed by atoms with Gasteiger partial charge in [-0.2, -0.15) is 0 Å². The molecule has 3 aliphatic heterocycles. The van der Waals surface area contributed by atoms with Crippen molar-refractivity contribution in [3.63, 3.8) is 0 Å². The van der Waals surface area contributed by atoms with E-state index in [1.165, 1.54) is 12.5 Å². The molecule has 3 aromatic heterocycles. The summed E-state index contributed by atoms with van der Waals surface area (Å²) < 4.78 is 7.82. The summed E-state index contributed by atoms with van der Waals surface area (Å²) >= 11 is 0. The van der Waals surface area contributed by atoms with E-state index in [2.05, 4.69) is 33.0 Å². The molecule has 6 heterocycles. The van der Waals surface area contributed by atoms with Gasteiger partial charge in [0, 0.05) is 39.3 Å². The molecule has 3 unspecified atom stereocenters. The summed E-state index contributed by atoms with van der Waals surface area (Å²) in [5.74, 6) is 0.209. The molecule has 4 aromatic rings. The van der Waals surface area contributed by atoms with Gasteiger partial charge in [-0.1, -0.05) is 49.4 Å². The lowest BCUT2D eigenvalue weighted by molar-refractivity contribution is -0.0849. The number of hydrogen-bond acceptors (Lipinski definition) is 8. The molecule has 1 N–H and O–H groups in total. The summed E-state index contributed by atoms with van der Waals surface area (Å²) in [6.45, 7) is 8.18. The smallest absolute Gasteiger partial charge is 0.354 e. The molecule has 3 atom stereocenters. The number of hydrogen-bond donors (Lipinski definition) is 1. The number of carbonyl (C=O) groups is 2. The van der Waals surface area contributed by atoms with Gasteiger partial charge in [-0.3, -0.25) is 4.79 Å². The summed E-state index contributed by atoms with van der Waals surface area (Å²) in [6, 6.07) is 19.1. The zero-order valence-corrected chi connectivity index (χ0v) is 23.8. The van der Waals surface area contributed by atoms with Crippen molar-refractivity contribution in [2.45, 2.75) is 32.5 Å². The monoisotopic (exact) mass is 569 g/mol. The average Bonchev–Trinajstić information content (AvgIpc) is 3.64. The van der Waals surface area contributed by atoms with Crippen LogP contribution in [0.5, 0.6) is 0 Å². The number of morpholine rings is 2. The topological polar surface area (TPSA) is 116 Å². The van der Waals surface area contributed by atoms with E-state index in [0.717, 1.165) is 24.3 Å². The van der Waals surface area contributed by atoms with E-state index in [0.29, 0.717) is 43.6 Å². The Morgan fingerprint density at radius 3 is 2.21 bits per heavy atom. The Bertz CT molecular complexity index is 1540. The second-order valence-corrected chi connectivity index (χ2v) is 11.3. The molecule has 7 rings (SSSR count). The van der Waals surface area contributed by atoms with Crippen molar-refractivity contribution in [3.8, 4) is 0 Å². The van der Waals surface area contributed by atoms with Crippen LogP contribution in [0.1, 0.15) is 40.0 Å². The Balaban J connectivity index is 0.000000470. The number of nitrogens with zero attached hydrogens (tertiary/aromatic N) is 7. The predicted octanol–water partition coefficient (Wildman–Crippen LogP) is 3.39. The molecule has 3 aliphatic rings. The van der Waals surface area contributed by atoms with Gasteiger partial charge >= 0.3 is 5.97 Å². The third kappa shape index (κ3) is 5.91. The van der Waals surface area contributed by atoms with E-state index in [1.807, 2.05) is 54.4 Å². The molecule has 1 amide bonds. The molecular weight excluding hydrogens is 534 g/mol. The highest BCUT2D eigenvalue weighted by atomic mass is 16.5. The minimum atomic E-state index is -1.06. The van der Waals surface area contributed by atoms with Crippen LogP contribution >= 0.6 is 0 Å². The van der Waals surface area contributed by atoms with E-state index < -0.39 is 5.97 Å². The zero-order valence-electron chi connectivity index (χ0n) is 23.8. The maximum absolute atomic E-state index is 13.4. The van der Waals surface area contributed by atoms with Crippen molar-refractivity contribution < 1.29 is 19.4 Å². The van der Waals surface area contributed by atoms with E-state index in [9.17, 15) is 14.7 Å². The Morgan fingerprint density at radius 2 is 1.60 bits per heavy atom. The van der Waals surface area contributed by atoms with Crippen LogP contribution < -0.4 is 9.80 Å². The fourth-order valence-electron chi connectivity index (χ4n) is 5.85. The van der Waals surface area contributed by atoms with Crippen LogP contribution in [0.2, 0.25) is 0 Å². The Hall–Kier alpha value is -4.51. The molecule has 11 heteroatoms. The van der Waals surface area contributed by atoms with E-state index in [4.69, 9.17) is 4.74 Å². The number of ether oxygens (including phenoxy) is 1. The Morgan fingerprint density at radius 1 is 0.905 bits per heavy atom. The molecule has 3 fully saturated rings. The third-order valence-electron chi connectivity index (χ3n) is 7.90.